The van der Waals surface area contributed by atoms with Gasteiger partial charge in [0.05, 0.1) is 18.9 Å². The summed E-state index contributed by atoms with van der Waals surface area (Å²) >= 11 is 0. The van der Waals surface area contributed by atoms with E-state index in [1.54, 1.807) is 0 Å². The van der Waals surface area contributed by atoms with Crippen LogP contribution in [0.3, 0.4) is 0 Å². The molecule has 1 aliphatic heterocycles. The first-order chi connectivity index (χ1) is 8.16. The van der Waals surface area contributed by atoms with E-state index < -0.39 is 11.9 Å². The molecule has 1 aromatic rings. The minimum absolute atomic E-state index is 0.111. The van der Waals surface area contributed by atoms with Gasteiger partial charge in [0, 0.05) is 19.2 Å². The summed E-state index contributed by atoms with van der Waals surface area (Å²) in [5.74, 6) is -0.309. The zero-order chi connectivity index (χ0) is 12.3. The van der Waals surface area contributed by atoms with Crippen LogP contribution in [0.15, 0.2) is 12.1 Å². The van der Waals surface area contributed by atoms with Gasteiger partial charge in [-0.15, -0.1) is 0 Å². The lowest BCUT2D eigenvalue weighted by Gasteiger charge is -2.25. The highest BCUT2D eigenvalue weighted by atomic mass is 19.1. The highest BCUT2D eigenvalue weighted by Gasteiger charge is 2.19. The van der Waals surface area contributed by atoms with Crippen molar-refractivity contribution in [2.45, 2.75) is 6.92 Å². The maximum atomic E-state index is 13.0. The molecule has 0 aromatic carbocycles. The number of halogens is 1. The van der Waals surface area contributed by atoms with Crippen molar-refractivity contribution in [2.75, 3.05) is 26.3 Å². The molecule has 2 rings (SSSR count). The number of morpholine rings is 1. The van der Waals surface area contributed by atoms with Crippen molar-refractivity contribution >= 4 is 6.09 Å². The van der Waals surface area contributed by atoms with Gasteiger partial charge in [-0.2, -0.15) is 0 Å². The Hall–Kier alpha value is -1.69. The van der Waals surface area contributed by atoms with Crippen LogP contribution in [0, 0.1) is 12.7 Å². The summed E-state index contributed by atoms with van der Waals surface area (Å²) in [4.78, 5) is 17.0. The summed E-state index contributed by atoms with van der Waals surface area (Å²) in [7, 11) is 0. The fourth-order valence-electron chi connectivity index (χ4n) is 1.48. The Morgan fingerprint density at radius 2 is 2.18 bits per heavy atom. The van der Waals surface area contributed by atoms with Gasteiger partial charge >= 0.3 is 6.09 Å². The first-order valence-corrected chi connectivity index (χ1v) is 5.34. The van der Waals surface area contributed by atoms with Crippen LogP contribution in [0.5, 0.6) is 5.88 Å². The Labute approximate surface area is 98.1 Å². The third kappa shape index (κ3) is 2.91. The minimum Gasteiger partial charge on any atom is -0.391 e. The molecule has 0 aliphatic carbocycles. The Balaban J connectivity index is 1.99. The van der Waals surface area contributed by atoms with E-state index in [1.165, 1.54) is 24.0 Å². The van der Waals surface area contributed by atoms with E-state index in [9.17, 15) is 9.18 Å². The molecule has 0 spiro atoms. The number of aryl methyl sites for hydroxylation is 1. The van der Waals surface area contributed by atoms with Crippen LogP contribution in [0.25, 0.3) is 0 Å². The van der Waals surface area contributed by atoms with E-state index in [1.807, 2.05) is 0 Å². The van der Waals surface area contributed by atoms with Crippen LogP contribution >= 0.6 is 0 Å². The quantitative estimate of drug-likeness (QED) is 0.743. The number of hydrogen-bond donors (Lipinski definition) is 0. The predicted molar refractivity (Wildman–Crippen MR) is 57.3 cm³/mol. The van der Waals surface area contributed by atoms with Gasteiger partial charge in [-0.25, -0.2) is 14.2 Å². The Morgan fingerprint density at radius 1 is 1.47 bits per heavy atom. The molecule has 0 bridgehead atoms. The van der Waals surface area contributed by atoms with Gasteiger partial charge < -0.3 is 14.4 Å². The molecule has 2 heterocycles. The Kier molecular flexibility index (Phi) is 3.53. The van der Waals surface area contributed by atoms with Crippen LogP contribution in [0.4, 0.5) is 9.18 Å². The molecule has 5 nitrogen and oxygen atoms in total. The number of carbonyl (C=O) groups is 1. The van der Waals surface area contributed by atoms with Gasteiger partial charge in [0.2, 0.25) is 5.88 Å². The van der Waals surface area contributed by atoms with Crippen molar-refractivity contribution in [2.24, 2.45) is 0 Å². The van der Waals surface area contributed by atoms with Crippen molar-refractivity contribution in [3.05, 3.63) is 23.6 Å². The number of ether oxygens (including phenoxy) is 2. The van der Waals surface area contributed by atoms with Crippen LogP contribution in [0.1, 0.15) is 5.69 Å². The molecule has 17 heavy (non-hydrogen) atoms. The molecule has 0 saturated carbocycles. The van der Waals surface area contributed by atoms with Crippen molar-refractivity contribution < 1.29 is 18.7 Å². The molecule has 92 valence electrons. The van der Waals surface area contributed by atoms with Crippen molar-refractivity contribution in [1.29, 1.82) is 0 Å². The highest BCUT2D eigenvalue weighted by molar-refractivity contribution is 5.70. The minimum atomic E-state index is -0.480. The summed E-state index contributed by atoms with van der Waals surface area (Å²) < 4.78 is 23.1. The van der Waals surface area contributed by atoms with Gasteiger partial charge in [0.1, 0.15) is 5.82 Å². The van der Waals surface area contributed by atoms with Crippen LogP contribution in [0.2, 0.25) is 0 Å². The van der Waals surface area contributed by atoms with Gasteiger partial charge in [-0.3, -0.25) is 0 Å². The third-order valence-corrected chi connectivity index (χ3v) is 2.46. The second-order valence-corrected chi connectivity index (χ2v) is 3.68. The van der Waals surface area contributed by atoms with Crippen LogP contribution in [-0.4, -0.2) is 42.3 Å². The summed E-state index contributed by atoms with van der Waals surface area (Å²) in [6.07, 6.45) is -0.480. The SMILES string of the molecule is Cc1nc(OC(=O)N2CCOCC2)ccc1F. The van der Waals surface area contributed by atoms with Gasteiger partial charge in [-0.1, -0.05) is 0 Å². The lowest BCUT2D eigenvalue weighted by atomic mass is 10.3. The first kappa shape index (κ1) is 11.8. The first-order valence-electron chi connectivity index (χ1n) is 5.34. The summed E-state index contributed by atoms with van der Waals surface area (Å²) in [5.41, 5.74) is 0.206. The molecule has 0 unspecified atom stereocenters. The second kappa shape index (κ2) is 5.09. The fourth-order valence-corrected chi connectivity index (χ4v) is 1.48. The summed E-state index contributed by atoms with van der Waals surface area (Å²) in [6.45, 7) is 3.52. The third-order valence-electron chi connectivity index (χ3n) is 2.46. The molecule has 6 heteroatoms. The molecular weight excluding hydrogens is 227 g/mol. The topological polar surface area (TPSA) is 51.7 Å². The number of amides is 1. The Bertz CT molecular complexity index is 419. The molecule has 0 N–H and O–H groups in total. The van der Waals surface area contributed by atoms with E-state index in [0.29, 0.717) is 26.3 Å². The monoisotopic (exact) mass is 240 g/mol. The average molecular weight is 240 g/mol. The lowest BCUT2D eigenvalue weighted by Crippen LogP contribution is -2.42. The zero-order valence-electron chi connectivity index (χ0n) is 9.48. The lowest BCUT2D eigenvalue weighted by molar-refractivity contribution is 0.0411. The van der Waals surface area contributed by atoms with Gasteiger partial charge in [0.15, 0.2) is 0 Å². The van der Waals surface area contributed by atoms with E-state index in [2.05, 4.69) is 4.98 Å². The molecule has 0 atom stereocenters. The molecule has 1 aliphatic rings. The molecule has 1 fully saturated rings. The summed E-state index contributed by atoms with van der Waals surface area (Å²) in [6, 6.07) is 2.56. The smallest absolute Gasteiger partial charge is 0.391 e. The largest absolute Gasteiger partial charge is 0.416 e. The van der Waals surface area contributed by atoms with E-state index in [4.69, 9.17) is 9.47 Å². The normalized spacial score (nSPS) is 15.8. The number of hydrogen-bond acceptors (Lipinski definition) is 4. The summed E-state index contributed by atoms with van der Waals surface area (Å²) in [5, 5.41) is 0. The van der Waals surface area contributed by atoms with Crippen molar-refractivity contribution in [3.63, 3.8) is 0 Å². The van der Waals surface area contributed by atoms with Gasteiger partial charge in [-0.05, 0) is 13.0 Å². The predicted octanol–water partition coefficient (Wildman–Crippen LogP) is 1.36. The molecular formula is C11H13FN2O3. The number of nitrogens with zero attached hydrogens (tertiary/aromatic N) is 2. The number of pyridine rings is 1. The standard InChI is InChI=1S/C11H13FN2O3/c1-8-9(12)2-3-10(13-8)17-11(15)14-4-6-16-7-5-14/h2-3H,4-7H2,1H3. The van der Waals surface area contributed by atoms with E-state index >= 15 is 0 Å². The maximum Gasteiger partial charge on any atom is 0.416 e. The molecule has 1 aromatic heterocycles. The second-order valence-electron chi connectivity index (χ2n) is 3.68. The van der Waals surface area contributed by atoms with Crippen molar-refractivity contribution in [3.8, 4) is 5.88 Å². The van der Waals surface area contributed by atoms with Crippen molar-refractivity contribution in [1.82, 2.24) is 9.88 Å². The molecule has 1 saturated heterocycles. The maximum absolute atomic E-state index is 13.0. The number of aromatic nitrogens is 1. The average Bonchev–Trinajstić information content (AvgIpc) is 2.35. The Morgan fingerprint density at radius 3 is 2.82 bits per heavy atom. The van der Waals surface area contributed by atoms with Gasteiger partial charge in [0.25, 0.3) is 0 Å². The van der Waals surface area contributed by atoms with E-state index in [-0.39, 0.29) is 11.6 Å². The zero-order valence-corrected chi connectivity index (χ0v) is 9.48. The fraction of sp³-hybridized carbons (Fsp3) is 0.455. The molecule has 0 radical (unpaired) electrons. The van der Waals surface area contributed by atoms with E-state index in [0.717, 1.165) is 0 Å². The number of rotatable bonds is 1. The van der Waals surface area contributed by atoms with Crippen LogP contribution < -0.4 is 4.74 Å². The van der Waals surface area contributed by atoms with Crippen LogP contribution in [-0.2, 0) is 4.74 Å². The molecule has 1 amide bonds. The highest BCUT2D eigenvalue weighted by Crippen LogP contribution is 2.12. The number of carbonyl (C=O) groups excluding carboxylic acids is 1.